The lowest BCUT2D eigenvalue weighted by atomic mass is 9.93. The molecule has 0 saturated carbocycles. The Bertz CT molecular complexity index is 385. The Morgan fingerprint density at radius 1 is 1.50 bits per heavy atom. The van der Waals surface area contributed by atoms with Crippen molar-refractivity contribution in [2.45, 2.75) is 25.0 Å². The molecule has 2 nitrogen and oxygen atoms in total. The Balaban J connectivity index is 2.28. The van der Waals surface area contributed by atoms with Gasteiger partial charge in [-0.1, -0.05) is 22.0 Å². The fraction of sp³-hybridized carbons (Fsp3) is 0.500. The molecule has 2 rings (SSSR count). The number of hydrogen-bond donors (Lipinski definition) is 1. The van der Waals surface area contributed by atoms with E-state index in [1.165, 1.54) is 6.07 Å². The van der Waals surface area contributed by atoms with Crippen LogP contribution in [0.15, 0.2) is 22.7 Å². The normalized spacial score (nSPS) is 27.0. The second-order valence-electron chi connectivity index (χ2n) is 4.34. The van der Waals surface area contributed by atoms with Gasteiger partial charge < -0.3 is 5.11 Å². The molecule has 1 aromatic carbocycles. The smallest absolute Gasteiger partial charge is 0.129 e. The molecule has 1 N–H and O–H groups in total. The molecule has 0 spiro atoms. The van der Waals surface area contributed by atoms with Crippen molar-refractivity contribution in [3.05, 3.63) is 34.1 Å². The first-order valence-corrected chi connectivity index (χ1v) is 6.20. The first-order valence-electron chi connectivity index (χ1n) is 5.41. The van der Waals surface area contributed by atoms with E-state index in [0.717, 1.165) is 17.4 Å². The molecular formula is C12H15BrFNO. The van der Waals surface area contributed by atoms with Crippen LogP contribution >= 0.6 is 15.9 Å². The van der Waals surface area contributed by atoms with Crippen molar-refractivity contribution < 1.29 is 9.50 Å². The van der Waals surface area contributed by atoms with Crippen LogP contribution in [0.1, 0.15) is 24.4 Å². The van der Waals surface area contributed by atoms with Gasteiger partial charge in [0.1, 0.15) is 5.82 Å². The van der Waals surface area contributed by atoms with Crippen LogP contribution in [0, 0.1) is 5.82 Å². The van der Waals surface area contributed by atoms with Crippen LogP contribution in [0.3, 0.4) is 0 Å². The minimum absolute atomic E-state index is 0.0168. The highest BCUT2D eigenvalue weighted by Gasteiger charge is 2.27. The Morgan fingerprint density at radius 3 is 2.94 bits per heavy atom. The zero-order valence-corrected chi connectivity index (χ0v) is 10.7. The van der Waals surface area contributed by atoms with Crippen molar-refractivity contribution >= 4 is 15.9 Å². The maximum absolute atomic E-state index is 13.8. The van der Waals surface area contributed by atoms with Crippen LogP contribution in [0.2, 0.25) is 0 Å². The Morgan fingerprint density at radius 2 is 2.25 bits per heavy atom. The number of likely N-dealkylation sites (tertiary alicyclic amines) is 1. The molecule has 0 aliphatic carbocycles. The predicted octanol–water partition coefficient (Wildman–Crippen LogP) is 2.72. The predicted molar refractivity (Wildman–Crippen MR) is 64.7 cm³/mol. The van der Waals surface area contributed by atoms with E-state index in [-0.39, 0.29) is 18.0 Å². The van der Waals surface area contributed by atoms with E-state index in [1.807, 2.05) is 13.1 Å². The Labute approximate surface area is 103 Å². The molecule has 1 aliphatic heterocycles. The summed E-state index contributed by atoms with van der Waals surface area (Å²) < 4.78 is 14.5. The molecule has 1 fully saturated rings. The van der Waals surface area contributed by atoms with E-state index in [9.17, 15) is 9.50 Å². The van der Waals surface area contributed by atoms with Crippen LogP contribution in [0.25, 0.3) is 0 Å². The second-order valence-corrected chi connectivity index (χ2v) is 5.26. The first-order chi connectivity index (χ1) is 7.58. The molecule has 0 bridgehead atoms. The van der Waals surface area contributed by atoms with Gasteiger partial charge in [-0.2, -0.15) is 0 Å². The minimum Gasteiger partial charge on any atom is -0.393 e. The monoisotopic (exact) mass is 287 g/mol. The lowest BCUT2D eigenvalue weighted by Crippen LogP contribution is -2.36. The highest BCUT2D eigenvalue weighted by molar-refractivity contribution is 9.10. The summed E-state index contributed by atoms with van der Waals surface area (Å²) in [4.78, 5) is 2.10. The number of nitrogens with zero attached hydrogens (tertiary/aromatic N) is 1. The number of aliphatic hydroxyl groups is 1. The van der Waals surface area contributed by atoms with Crippen molar-refractivity contribution in [3.8, 4) is 0 Å². The molecule has 1 heterocycles. The number of benzene rings is 1. The summed E-state index contributed by atoms with van der Waals surface area (Å²) in [5.74, 6) is -0.208. The van der Waals surface area contributed by atoms with Gasteiger partial charge in [0, 0.05) is 22.6 Å². The van der Waals surface area contributed by atoms with Crippen LogP contribution in [-0.4, -0.2) is 29.7 Å². The van der Waals surface area contributed by atoms with Gasteiger partial charge in [0.25, 0.3) is 0 Å². The van der Waals surface area contributed by atoms with Gasteiger partial charge in [-0.25, -0.2) is 4.39 Å². The summed E-state index contributed by atoms with van der Waals surface area (Å²) in [5, 5.41) is 9.65. The van der Waals surface area contributed by atoms with Gasteiger partial charge in [0.2, 0.25) is 0 Å². The molecule has 2 unspecified atom stereocenters. The zero-order valence-electron chi connectivity index (χ0n) is 9.16. The minimum atomic E-state index is -0.316. The first kappa shape index (κ1) is 12.0. The summed E-state index contributed by atoms with van der Waals surface area (Å²) in [7, 11) is 1.97. The third-order valence-electron chi connectivity index (χ3n) is 3.16. The standard InChI is InChI=1S/C12H15BrFNO/c1-15-5-4-9(16)7-12(15)10-3-2-8(13)6-11(10)14/h2-3,6,9,12,16H,4-5,7H2,1H3. The molecule has 1 aliphatic rings. The highest BCUT2D eigenvalue weighted by atomic mass is 79.9. The van der Waals surface area contributed by atoms with Crippen molar-refractivity contribution in [1.29, 1.82) is 0 Å². The Hall–Kier alpha value is -0.450. The van der Waals surface area contributed by atoms with Gasteiger partial charge in [-0.15, -0.1) is 0 Å². The number of rotatable bonds is 1. The molecule has 0 amide bonds. The van der Waals surface area contributed by atoms with Gasteiger partial charge in [-0.05, 0) is 32.0 Å². The van der Waals surface area contributed by atoms with E-state index in [0.29, 0.717) is 12.0 Å². The fourth-order valence-corrected chi connectivity index (χ4v) is 2.53. The van der Waals surface area contributed by atoms with E-state index >= 15 is 0 Å². The lowest BCUT2D eigenvalue weighted by molar-refractivity contribution is 0.0539. The number of hydrogen-bond acceptors (Lipinski definition) is 2. The maximum Gasteiger partial charge on any atom is 0.129 e. The number of halogens is 2. The van der Waals surface area contributed by atoms with Crippen LogP contribution < -0.4 is 0 Å². The summed E-state index contributed by atoms with van der Waals surface area (Å²) in [6, 6.07) is 5.09. The topological polar surface area (TPSA) is 23.5 Å². The van der Waals surface area contributed by atoms with Crippen molar-refractivity contribution in [2.75, 3.05) is 13.6 Å². The molecule has 0 radical (unpaired) electrons. The molecule has 1 saturated heterocycles. The quantitative estimate of drug-likeness (QED) is 0.859. The van der Waals surface area contributed by atoms with E-state index in [4.69, 9.17) is 0 Å². The zero-order chi connectivity index (χ0) is 11.7. The van der Waals surface area contributed by atoms with Gasteiger partial charge in [-0.3, -0.25) is 4.90 Å². The van der Waals surface area contributed by atoms with Crippen LogP contribution in [0.4, 0.5) is 4.39 Å². The van der Waals surface area contributed by atoms with Crippen molar-refractivity contribution in [1.82, 2.24) is 4.90 Å². The molecular weight excluding hydrogens is 273 g/mol. The lowest BCUT2D eigenvalue weighted by Gasteiger charge is -2.35. The van der Waals surface area contributed by atoms with Gasteiger partial charge >= 0.3 is 0 Å². The van der Waals surface area contributed by atoms with Crippen LogP contribution in [0.5, 0.6) is 0 Å². The Kier molecular flexibility index (Phi) is 3.62. The number of aliphatic hydroxyl groups excluding tert-OH is 1. The molecule has 16 heavy (non-hydrogen) atoms. The molecule has 0 aromatic heterocycles. The SMILES string of the molecule is CN1CCC(O)CC1c1ccc(Br)cc1F. The summed E-state index contributed by atoms with van der Waals surface area (Å²) >= 11 is 3.24. The largest absolute Gasteiger partial charge is 0.393 e. The average Bonchev–Trinajstić information content (AvgIpc) is 2.22. The van der Waals surface area contributed by atoms with E-state index in [1.54, 1.807) is 6.07 Å². The maximum atomic E-state index is 13.8. The molecule has 1 aromatic rings. The van der Waals surface area contributed by atoms with Crippen LogP contribution in [-0.2, 0) is 0 Å². The summed E-state index contributed by atoms with van der Waals surface area (Å²) in [6.07, 6.45) is 1.06. The van der Waals surface area contributed by atoms with E-state index in [2.05, 4.69) is 20.8 Å². The fourth-order valence-electron chi connectivity index (χ4n) is 2.20. The third kappa shape index (κ3) is 2.44. The molecule has 88 valence electrons. The van der Waals surface area contributed by atoms with Crippen molar-refractivity contribution in [3.63, 3.8) is 0 Å². The molecule has 4 heteroatoms. The van der Waals surface area contributed by atoms with Crippen molar-refractivity contribution in [2.24, 2.45) is 0 Å². The average molecular weight is 288 g/mol. The highest BCUT2D eigenvalue weighted by Crippen LogP contribution is 2.32. The third-order valence-corrected chi connectivity index (χ3v) is 3.66. The van der Waals surface area contributed by atoms with E-state index < -0.39 is 0 Å². The molecule has 2 atom stereocenters. The second kappa shape index (κ2) is 4.82. The van der Waals surface area contributed by atoms with Gasteiger partial charge in [0.05, 0.1) is 6.10 Å². The number of piperidine rings is 1. The van der Waals surface area contributed by atoms with Gasteiger partial charge in [0.15, 0.2) is 0 Å². The summed E-state index contributed by atoms with van der Waals surface area (Å²) in [5.41, 5.74) is 0.671. The summed E-state index contributed by atoms with van der Waals surface area (Å²) in [6.45, 7) is 0.807.